The molecule has 0 unspecified atom stereocenters. The molecule has 0 saturated carbocycles. The van der Waals surface area contributed by atoms with E-state index in [0.29, 0.717) is 22.5 Å². The molecule has 0 heterocycles. The number of rotatable bonds is 4. The summed E-state index contributed by atoms with van der Waals surface area (Å²) in [6.07, 6.45) is 0. The van der Waals surface area contributed by atoms with Gasteiger partial charge >= 0.3 is 6.03 Å². The number of carbonyl (C=O) groups excluding carboxylic acids is 3. The molecule has 0 aliphatic heterocycles. The number of ketones is 2. The van der Waals surface area contributed by atoms with E-state index in [9.17, 15) is 14.4 Å². The molecule has 0 fully saturated rings. The third kappa shape index (κ3) is 4.02. The Labute approximate surface area is 128 Å². The molecule has 2 rings (SSSR count). The lowest BCUT2D eigenvalue weighted by Gasteiger charge is -2.08. The predicted molar refractivity (Wildman–Crippen MR) is 85.5 cm³/mol. The Morgan fingerprint density at radius 3 is 1.23 bits per heavy atom. The number of Topliss-reactive ketones (excluding diaryl/α,β-unsaturated/α-hetero) is 2. The first-order valence-corrected chi connectivity index (χ1v) is 6.76. The lowest BCUT2D eigenvalue weighted by molar-refractivity contribution is 0.100. The largest absolute Gasteiger partial charge is 0.323 e. The molecule has 0 aromatic heterocycles. The Balaban J connectivity index is 1.97. The molecule has 112 valence electrons. The van der Waals surface area contributed by atoms with E-state index in [4.69, 9.17) is 0 Å². The van der Waals surface area contributed by atoms with Gasteiger partial charge in [0, 0.05) is 22.5 Å². The van der Waals surface area contributed by atoms with Crippen molar-refractivity contribution in [1.29, 1.82) is 0 Å². The van der Waals surface area contributed by atoms with Crippen molar-refractivity contribution in [3.05, 3.63) is 59.7 Å². The van der Waals surface area contributed by atoms with Gasteiger partial charge in [0.05, 0.1) is 0 Å². The zero-order chi connectivity index (χ0) is 16.1. The van der Waals surface area contributed by atoms with Gasteiger partial charge in [-0.1, -0.05) is 0 Å². The van der Waals surface area contributed by atoms with Crippen molar-refractivity contribution in [2.24, 2.45) is 0 Å². The minimum atomic E-state index is -0.397. The van der Waals surface area contributed by atoms with Crippen LogP contribution in [-0.4, -0.2) is 17.6 Å². The van der Waals surface area contributed by atoms with Crippen LogP contribution < -0.4 is 10.6 Å². The van der Waals surface area contributed by atoms with Gasteiger partial charge in [-0.2, -0.15) is 0 Å². The molecule has 22 heavy (non-hydrogen) atoms. The lowest BCUT2D eigenvalue weighted by Crippen LogP contribution is -2.19. The average Bonchev–Trinajstić information content (AvgIpc) is 2.48. The molecule has 0 atom stereocenters. The highest BCUT2D eigenvalue weighted by atomic mass is 16.2. The molecule has 0 bridgehead atoms. The van der Waals surface area contributed by atoms with Crippen molar-refractivity contribution in [2.75, 3.05) is 10.6 Å². The van der Waals surface area contributed by atoms with Gasteiger partial charge in [-0.25, -0.2) is 4.79 Å². The summed E-state index contributed by atoms with van der Waals surface area (Å²) in [4.78, 5) is 34.2. The number of anilines is 2. The number of urea groups is 1. The quantitative estimate of drug-likeness (QED) is 0.844. The van der Waals surface area contributed by atoms with Crippen LogP contribution in [0.15, 0.2) is 48.5 Å². The summed E-state index contributed by atoms with van der Waals surface area (Å²) < 4.78 is 0. The first kappa shape index (κ1) is 15.4. The van der Waals surface area contributed by atoms with Crippen molar-refractivity contribution in [3.8, 4) is 0 Å². The number of carbonyl (C=O) groups is 3. The van der Waals surface area contributed by atoms with Crippen LogP contribution in [0.5, 0.6) is 0 Å². The first-order valence-electron chi connectivity index (χ1n) is 6.76. The highest BCUT2D eigenvalue weighted by molar-refractivity contribution is 6.01. The molecule has 0 aliphatic rings. The van der Waals surface area contributed by atoms with Crippen LogP contribution in [-0.2, 0) is 0 Å². The van der Waals surface area contributed by atoms with Crippen molar-refractivity contribution >= 4 is 29.0 Å². The van der Waals surface area contributed by atoms with Gasteiger partial charge in [0.2, 0.25) is 0 Å². The van der Waals surface area contributed by atoms with Gasteiger partial charge in [0.25, 0.3) is 0 Å². The normalized spacial score (nSPS) is 9.91. The summed E-state index contributed by atoms with van der Waals surface area (Å²) in [5.41, 5.74) is 2.35. The first-order chi connectivity index (χ1) is 10.5. The standard InChI is InChI=1S/C17H16N2O3/c1-11(20)13-3-7-15(8-4-13)18-17(22)19-16-9-5-14(6-10-16)12(2)21/h3-10H,1-2H3,(H2,18,19,22). The Hall–Kier alpha value is -2.95. The maximum atomic E-state index is 11.9. The average molecular weight is 296 g/mol. The molecule has 0 aliphatic carbocycles. The maximum absolute atomic E-state index is 11.9. The Kier molecular flexibility index (Phi) is 4.68. The van der Waals surface area contributed by atoms with Crippen molar-refractivity contribution in [2.45, 2.75) is 13.8 Å². The second-order valence-corrected chi connectivity index (χ2v) is 4.85. The summed E-state index contributed by atoms with van der Waals surface area (Å²) in [6.45, 7) is 2.97. The Bertz CT molecular complexity index is 642. The predicted octanol–water partition coefficient (Wildman–Crippen LogP) is 3.74. The van der Waals surface area contributed by atoms with Gasteiger partial charge in [0.15, 0.2) is 11.6 Å². The summed E-state index contributed by atoms with van der Waals surface area (Å²) in [5.74, 6) is -0.0527. The highest BCUT2D eigenvalue weighted by Crippen LogP contribution is 2.13. The van der Waals surface area contributed by atoms with E-state index in [0.717, 1.165) is 0 Å². The molecule has 0 spiro atoms. The van der Waals surface area contributed by atoms with Crippen LogP contribution in [0.1, 0.15) is 34.6 Å². The second-order valence-electron chi connectivity index (χ2n) is 4.85. The Morgan fingerprint density at radius 2 is 0.955 bits per heavy atom. The molecule has 0 saturated heterocycles. The van der Waals surface area contributed by atoms with Crippen LogP contribution in [0.2, 0.25) is 0 Å². The van der Waals surface area contributed by atoms with Gasteiger partial charge in [-0.3, -0.25) is 9.59 Å². The molecule has 2 amide bonds. The van der Waals surface area contributed by atoms with Crippen LogP contribution in [0.4, 0.5) is 16.2 Å². The summed E-state index contributed by atoms with van der Waals surface area (Å²) in [5, 5.41) is 5.33. The molecular weight excluding hydrogens is 280 g/mol. The third-order valence-corrected chi connectivity index (χ3v) is 3.10. The number of nitrogens with one attached hydrogen (secondary N) is 2. The van der Waals surface area contributed by atoms with E-state index < -0.39 is 6.03 Å². The number of amides is 2. The number of benzene rings is 2. The minimum Gasteiger partial charge on any atom is -0.308 e. The van der Waals surface area contributed by atoms with Crippen molar-refractivity contribution in [1.82, 2.24) is 0 Å². The minimum absolute atomic E-state index is 0.0263. The molecule has 0 radical (unpaired) electrons. The SMILES string of the molecule is CC(=O)c1ccc(NC(=O)Nc2ccc(C(C)=O)cc2)cc1. The van der Waals surface area contributed by atoms with Crippen LogP contribution in [0.25, 0.3) is 0 Å². The maximum Gasteiger partial charge on any atom is 0.323 e. The molecule has 5 nitrogen and oxygen atoms in total. The second kappa shape index (κ2) is 6.67. The van der Waals surface area contributed by atoms with E-state index in [2.05, 4.69) is 10.6 Å². The van der Waals surface area contributed by atoms with E-state index >= 15 is 0 Å². The summed E-state index contributed by atoms with van der Waals surface area (Å²) in [6, 6.07) is 12.9. The van der Waals surface area contributed by atoms with E-state index in [1.54, 1.807) is 48.5 Å². The van der Waals surface area contributed by atoms with Crippen LogP contribution in [0, 0.1) is 0 Å². The zero-order valence-electron chi connectivity index (χ0n) is 12.3. The Morgan fingerprint density at radius 1 is 0.636 bits per heavy atom. The van der Waals surface area contributed by atoms with E-state index in [1.165, 1.54) is 13.8 Å². The topological polar surface area (TPSA) is 75.3 Å². The van der Waals surface area contributed by atoms with Crippen LogP contribution >= 0.6 is 0 Å². The summed E-state index contributed by atoms with van der Waals surface area (Å²) in [7, 11) is 0. The van der Waals surface area contributed by atoms with Crippen molar-refractivity contribution in [3.63, 3.8) is 0 Å². The monoisotopic (exact) mass is 296 g/mol. The lowest BCUT2D eigenvalue weighted by atomic mass is 10.1. The smallest absolute Gasteiger partial charge is 0.308 e. The van der Waals surface area contributed by atoms with E-state index in [-0.39, 0.29) is 11.6 Å². The zero-order valence-corrected chi connectivity index (χ0v) is 12.3. The van der Waals surface area contributed by atoms with Gasteiger partial charge in [-0.15, -0.1) is 0 Å². The van der Waals surface area contributed by atoms with Gasteiger partial charge < -0.3 is 10.6 Å². The molecule has 2 aromatic carbocycles. The highest BCUT2D eigenvalue weighted by Gasteiger charge is 2.05. The number of hydrogen-bond acceptors (Lipinski definition) is 3. The summed E-state index contributed by atoms with van der Waals surface area (Å²) >= 11 is 0. The van der Waals surface area contributed by atoms with Crippen molar-refractivity contribution < 1.29 is 14.4 Å². The van der Waals surface area contributed by atoms with Crippen LogP contribution in [0.3, 0.4) is 0 Å². The molecular formula is C17H16N2O3. The third-order valence-electron chi connectivity index (χ3n) is 3.10. The molecule has 2 aromatic rings. The molecule has 2 N–H and O–H groups in total. The number of hydrogen-bond donors (Lipinski definition) is 2. The fourth-order valence-electron chi connectivity index (χ4n) is 1.87. The van der Waals surface area contributed by atoms with E-state index in [1.807, 2.05) is 0 Å². The van der Waals surface area contributed by atoms with Gasteiger partial charge in [0.1, 0.15) is 0 Å². The fourth-order valence-corrected chi connectivity index (χ4v) is 1.87. The molecule has 5 heteroatoms. The van der Waals surface area contributed by atoms with Gasteiger partial charge in [-0.05, 0) is 62.4 Å². The fraction of sp³-hybridized carbons (Fsp3) is 0.118.